The number of unbranched alkanes of at least 4 members (excludes halogenated alkanes) is 8. The van der Waals surface area contributed by atoms with Crippen LogP contribution in [0.2, 0.25) is 0 Å². The second kappa shape index (κ2) is 11.9. The number of nitrogens with zero attached hydrogens (tertiary/aromatic N) is 2. The molecule has 0 amide bonds. The number of aromatic nitrogens is 2. The Morgan fingerprint density at radius 1 is 0.760 bits per heavy atom. The Balaban J connectivity index is 2.00. The molecule has 0 saturated carbocycles. The van der Waals surface area contributed by atoms with Crippen molar-refractivity contribution in [2.24, 2.45) is 0 Å². The van der Waals surface area contributed by atoms with Gasteiger partial charge in [-0.3, -0.25) is 0 Å². The van der Waals surface area contributed by atoms with Crippen LogP contribution in [0.3, 0.4) is 0 Å². The first kappa shape index (κ1) is 19.8. The predicted octanol–water partition coefficient (Wildman–Crippen LogP) is 6.25. The van der Waals surface area contributed by atoms with Gasteiger partial charge in [-0.05, 0) is 31.4 Å². The molecule has 0 aliphatic rings. The lowest BCUT2D eigenvalue weighted by atomic mass is 10.1. The van der Waals surface area contributed by atoms with Crippen molar-refractivity contribution in [1.29, 1.82) is 0 Å². The third kappa shape index (κ3) is 6.68. The summed E-state index contributed by atoms with van der Waals surface area (Å²) in [4.78, 5) is 0. The number of hydrogen-bond donors (Lipinski definition) is 0. The first-order valence-electron chi connectivity index (χ1n) is 10.5. The molecular formula is C23H37N2+. The van der Waals surface area contributed by atoms with Gasteiger partial charge in [0.15, 0.2) is 0 Å². The smallest absolute Gasteiger partial charge is 0.234 e. The molecule has 138 valence electrons. The minimum Gasteiger partial charge on any atom is -0.234 e. The summed E-state index contributed by atoms with van der Waals surface area (Å²) in [6.45, 7) is 5.73. The molecule has 2 heteroatoms. The van der Waals surface area contributed by atoms with Gasteiger partial charge in [-0.1, -0.05) is 77.0 Å². The van der Waals surface area contributed by atoms with Crippen LogP contribution in [0.5, 0.6) is 0 Å². The summed E-state index contributed by atoms with van der Waals surface area (Å²) in [7, 11) is 0. The second-order valence-electron chi connectivity index (χ2n) is 7.19. The van der Waals surface area contributed by atoms with E-state index in [9.17, 15) is 0 Å². The molecule has 0 saturated heterocycles. The van der Waals surface area contributed by atoms with E-state index in [4.69, 9.17) is 0 Å². The van der Waals surface area contributed by atoms with Gasteiger partial charge in [0.2, 0.25) is 0 Å². The standard InChI is InChI=1S/C23H37N2/c1-3-5-7-9-14-18-23-24(19-15-10-8-6-4-2)20-21-25(23)22-16-12-11-13-17-22/h11-13,16-17,20-21H,3-10,14-15,18-19H2,1-2H3/q+1. The van der Waals surface area contributed by atoms with E-state index in [-0.39, 0.29) is 0 Å². The van der Waals surface area contributed by atoms with Gasteiger partial charge in [-0.25, -0.2) is 4.57 Å². The highest BCUT2D eigenvalue weighted by Gasteiger charge is 2.18. The van der Waals surface area contributed by atoms with Crippen molar-refractivity contribution < 1.29 is 4.57 Å². The fourth-order valence-electron chi connectivity index (χ4n) is 3.52. The van der Waals surface area contributed by atoms with E-state index >= 15 is 0 Å². The maximum atomic E-state index is 2.50. The maximum absolute atomic E-state index is 2.50. The minimum absolute atomic E-state index is 1.16. The normalized spacial score (nSPS) is 11.1. The van der Waals surface area contributed by atoms with Gasteiger partial charge in [-0.15, -0.1) is 0 Å². The summed E-state index contributed by atoms with van der Waals surface area (Å²) < 4.78 is 4.89. The van der Waals surface area contributed by atoms with Crippen molar-refractivity contribution in [3.8, 4) is 5.69 Å². The first-order chi connectivity index (χ1) is 12.4. The molecule has 1 heterocycles. The Morgan fingerprint density at radius 2 is 1.40 bits per heavy atom. The number of rotatable bonds is 13. The van der Waals surface area contributed by atoms with Crippen LogP contribution in [0, 0.1) is 0 Å². The monoisotopic (exact) mass is 341 g/mol. The van der Waals surface area contributed by atoms with Crippen LogP contribution in [-0.4, -0.2) is 4.57 Å². The molecule has 25 heavy (non-hydrogen) atoms. The third-order valence-corrected chi connectivity index (χ3v) is 5.05. The average Bonchev–Trinajstić information content (AvgIpc) is 3.05. The minimum atomic E-state index is 1.16. The number of imidazole rings is 1. The topological polar surface area (TPSA) is 8.81 Å². The van der Waals surface area contributed by atoms with Crippen LogP contribution < -0.4 is 4.57 Å². The van der Waals surface area contributed by atoms with Crippen LogP contribution in [0.25, 0.3) is 5.69 Å². The van der Waals surface area contributed by atoms with Gasteiger partial charge >= 0.3 is 0 Å². The largest absolute Gasteiger partial charge is 0.261 e. The van der Waals surface area contributed by atoms with Crippen molar-refractivity contribution >= 4 is 0 Å². The number of para-hydroxylation sites is 1. The Bertz CT molecular complexity index is 571. The molecule has 0 aliphatic carbocycles. The summed E-state index contributed by atoms with van der Waals surface area (Å²) in [6, 6.07) is 10.8. The zero-order valence-electron chi connectivity index (χ0n) is 16.4. The second-order valence-corrected chi connectivity index (χ2v) is 7.19. The molecule has 0 N–H and O–H groups in total. The summed E-state index contributed by atoms with van der Waals surface area (Å²) in [6.07, 6.45) is 19.2. The molecule has 0 atom stereocenters. The van der Waals surface area contributed by atoms with E-state index in [1.165, 1.54) is 82.1 Å². The highest BCUT2D eigenvalue weighted by molar-refractivity contribution is 5.31. The fraction of sp³-hybridized carbons (Fsp3) is 0.609. The lowest BCUT2D eigenvalue weighted by molar-refractivity contribution is -0.704. The zero-order valence-corrected chi connectivity index (χ0v) is 16.4. The highest BCUT2D eigenvalue weighted by atomic mass is 15.1. The number of hydrogen-bond acceptors (Lipinski definition) is 0. The van der Waals surface area contributed by atoms with Gasteiger partial charge < -0.3 is 0 Å². The van der Waals surface area contributed by atoms with Crippen molar-refractivity contribution in [3.63, 3.8) is 0 Å². The number of benzene rings is 1. The lowest BCUT2D eigenvalue weighted by Crippen LogP contribution is -2.37. The SMILES string of the molecule is CCCCCCCc1n(-c2ccccc2)cc[n+]1CCCCCCC. The van der Waals surface area contributed by atoms with Gasteiger partial charge in [0.25, 0.3) is 5.82 Å². The van der Waals surface area contributed by atoms with Gasteiger partial charge in [0.1, 0.15) is 18.1 Å². The molecule has 2 rings (SSSR count). The van der Waals surface area contributed by atoms with E-state index in [1.807, 2.05) is 0 Å². The maximum Gasteiger partial charge on any atom is 0.261 e. The molecule has 0 aliphatic heterocycles. The fourth-order valence-corrected chi connectivity index (χ4v) is 3.52. The molecule has 0 radical (unpaired) electrons. The van der Waals surface area contributed by atoms with Crippen LogP contribution in [-0.2, 0) is 13.0 Å². The number of aryl methyl sites for hydroxylation is 1. The van der Waals surface area contributed by atoms with E-state index < -0.39 is 0 Å². The summed E-state index contributed by atoms with van der Waals surface area (Å²) in [5.41, 5.74) is 1.29. The summed E-state index contributed by atoms with van der Waals surface area (Å²) in [5.74, 6) is 1.47. The molecule has 0 unspecified atom stereocenters. The molecule has 0 fully saturated rings. The first-order valence-corrected chi connectivity index (χ1v) is 10.5. The molecule has 0 spiro atoms. The Kier molecular flexibility index (Phi) is 9.40. The Labute approximate surface area is 154 Å². The Hall–Kier alpha value is -1.57. The predicted molar refractivity (Wildman–Crippen MR) is 107 cm³/mol. The van der Waals surface area contributed by atoms with Crippen molar-refractivity contribution in [2.45, 2.75) is 91.0 Å². The molecule has 2 nitrogen and oxygen atoms in total. The molecule has 1 aromatic heterocycles. The summed E-state index contributed by atoms with van der Waals surface area (Å²) in [5, 5.41) is 0. The molecule has 1 aromatic carbocycles. The van der Waals surface area contributed by atoms with Crippen LogP contribution in [0.1, 0.15) is 83.9 Å². The summed E-state index contributed by atoms with van der Waals surface area (Å²) >= 11 is 0. The molecular weight excluding hydrogens is 304 g/mol. The van der Waals surface area contributed by atoms with Crippen molar-refractivity contribution in [2.75, 3.05) is 0 Å². The average molecular weight is 342 g/mol. The van der Waals surface area contributed by atoms with E-state index in [1.54, 1.807) is 0 Å². The van der Waals surface area contributed by atoms with Gasteiger partial charge in [-0.2, -0.15) is 4.57 Å². The van der Waals surface area contributed by atoms with Gasteiger partial charge in [0, 0.05) is 6.42 Å². The van der Waals surface area contributed by atoms with Crippen LogP contribution in [0.15, 0.2) is 42.7 Å². The van der Waals surface area contributed by atoms with Crippen LogP contribution >= 0.6 is 0 Å². The molecule has 2 aromatic rings. The van der Waals surface area contributed by atoms with Gasteiger partial charge in [0.05, 0.1) is 6.54 Å². The zero-order chi connectivity index (χ0) is 17.7. The molecule has 0 bridgehead atoms. The van der Waals surface area contributed by atoms with Crippen LogP contribution in [0.4, 0.5) is 0 Å². The quantitative estimate of drug-likeness (QED) is 0.301. The lowest BCUT2D eigenvalue weighted by Gasteiger charge is -2.06. The van der Waals surface area contributed by atoms with E-state index in [0.717, 1.165) is 6.54 Å². The third-order valence-electron chi connectivity index (χ3n) is 5.05. The Morgan fingerprint density at radius 3 is 2.08 bits per heavy atom. The van der Waals surface area contributed by atoms with E-state index in [2.05, 4.69) is 65.7 Å². The van der Waals surface area contributed by atoms with E-state index in [0.29, 0.717) is 0 Å². The van der Waals surface area contributed by atoms with Crippen molar-refractivity contribution in [1.82, 2.24) is 4.57 Å². The van der Waals surface area contributed by atoms with Crippen molar-refractivity contribution in [3.05, 3.63) is 48.5 Å². The highest BCUT2D eigenvalue weighted by Crippen LogP contribution is 2.13.